The topological polar surface area (TPSA) is 9.23 Å². The van der Waals surface area contributed by atoms with E-state index in [1.165, 1.54) is 5.56 Å². The molecule has 0 atom stereocenters. The maximum atomic E-state index is 5.78. The number of hydrogen-bond acceptors (Lipinski definition) is 1. The Morgan fingerprint density at radius 1 is 0.765 bits per heavy atom. The summed E-state index contributed by atoms with van der Waals surface area (Å²) >= 11 is 5.78. The first-order valence-corrected chi connectivity index (χ1v) is 6.12. The summed E-state index contributed by atoms with van der Waals surface area (Å²) in [5.74, 6) is 1.63. The monoisotopic (exact) mass is 248 g/mol. The molecule has 2 aromatic carbocycles. The van der Waals surface area contributed by atoms with Gasteiger partial charge in [-0.3, -0.25) is 0 Å². The van der Waals surface area contributed by atoms with Crippen molar-refractivity contribution in [2.75, 3.05) is 0 Å². The summed E-state index contributed by atoms with van der Waals surface area (Å²) in [6, 6.07) is 15.3. The van der Waals surface area contributed by atoms with Gasteiger partial charge in [0.05, 0.1) is 0 Å². The fourth-order valence-corrected chi connectivity index (χ4v) is 1.37. The first-order chi connectivity index (χ1) is 8.24. The van der Waals surface area contributed by atoms with Crippen molar-refractivity contribution < 1.29 is 4.74 Å². The van der Waals surface area contributed by atoms with Gasteiger partial charge in [0.2, 0.25) is 0 Å². The summed E-state index contributed by atoms with van der Waals surface area (Å²) in [5, 5.41) is 0.714. The number of halogens is 1. The molecule has 0 aliphatic heterocycles. The molecule has 0 heterocycles. The van der Waals surface area contributed by atoms with Crippen LogP contribution in [0, 0.1) is 6.92 Å². The van der Waals surface area contributed by atoms with Gasteiger partial charge in [0.1, 0.15) is 11.5 Å². The SMILES string of the molecule is CC.Cc1ccc(Oc2ccc(Cl)cc2)cc1. The van der Waals surface area contributed by atoms with Gasteiger partial charge in [-0.25, -0.2) is 0 Å². The van der Waals surface area contributed by atoms with Crippen LogP contribution in [0.2, 0.25) is 5.02 Å². The molecule has 0 saturated heterocycles. The first kappa shape index (κ1) is 13.6. The van der Waals surface area contributed by atoms with Crippen molar-refractivity contribution in [2.45, 2.75) is 20.8 Å². The van der Waals surface area contributed by atoms with Crippen molar-refractivity contribution in [1.29, 1.82) is 0 Å². The Hall–Kier alpha value is -1.47. The maximum absolute atomic E-state index is 5.78. The van der Waals surface area contributed by atoms with Crippen LogP contribution < -0.4 is 4.74 Å². The summed E-state index contributed by atoms with van der Waals surface area (Å²) in [6.07, 6.45) is 0. The van der Waals surface area contributed by atoms with Crippen molar-refractivity contribution >= 4 is 11.6 Å². The summed E-state index contributed by atoms with van der Waals surface area (Å²) in [5.41, 5.74) is 1.22. The Morgan fingerprint density at radius 3 is 1.65 bits per heavy atom. The molecule has 0 aliphatic carbocycles. The van der Waals surface area contributed by atoms with Crippen LogP contribution in [0.1, 0.15) is 19.4 Å². The van der Waals surface area contributed by atoms with Gasteiger partial charge < -0.3 is 4.74 Å². The zero-order chi connectivity index (χ0) is 12.7. The van der Waals surface area contributed by atoms with Gasteiger partial charge in [-0.2, -0.15) is 0 Å². The molecule has 0 saturated carbocycles. The molecule has 0 spiro atoms. The molecule has 0 aliphatic rings. The highest BCUT2D eigenvalue weighted by atomic mass is 35.5. The predicted molar refractivity (Wildman–Crippen MR) is 74.1 cm³/mol. The van der Waals surface area contributed by atoms with Gasteiger partial charge in [-0.15, -0.1) is 0 Å². The minimum atomic E-state index is 0.714. The average Bonchev–Trinajstić information content (AvgIpc) is 2.37. The lowest BCUT2D eigenvalue weighted by Gasteiger charge is -2.05. The molecule has 0 N–H and O–H groups in total. The lowest BCUT2D eigenvalue weighted by molar-refractivity contribution is 0.482. The highest BCUT2D eigenvalue weighted by Gasteiger charge is 1.96. The van der Waals surface area contributed by atoms with Gasteiger partial charge in [0.15, 0.2) is 0 Å². The fourth-order valence-electron chi connectivity index (χ4n) is 1.25. The van der Waals surface area contributed by atoms with Gasteiger partial charge >= 0.3 is 0 Å². The minimum absolute atomic E-state index is 0.714. The molecule has 0 aromatic heterocycles. The predicted octanol–water partition coefficient (Wildman–Crippen LogP) is 5.47. The van der Waals surface area contributed by atoms with Crippen LogP contribution in [0.15, 0.2) is 48.5 Å². The molecule has 2 heteroatoms. The van der Waals surface area contributed by atoms with Gasteiger partial charge in [-0.05, 0) is 43.3 Å². The molecule has 17 heavy (non-hydrogen) atoms. The van der Waals surface area contributed by atoms with E-state index in [1.54, 1.807) is 0 Å². The number of rotatable bonds is 2. The minimum Gasteiger partial charge on any atom is -0.457 e. The maximum Gasteiger partial charge on any atom is 0.127 e. The molecular formula is C15H17ClO. The lowest BCUT2D eigenvalue weighted by Crippen LogP contribution is -1.83. The van der Waals surface area contributed by atoms with Crippen LogP contribution >= 0.6 is 11.6 Å². The molecule has 1 nitrogen and oxygen atoms in total. The average molecular weight is 249 g/mol. The van der Waals surface area contributed by atoms with E-state index in [0.29, 0.717) is 5.02 Å². The van der Waals surface area contributed by atoms with E-state index in [9.17, 15) is 0 Å². The van der Waals surface area contributed by atoms with Crippen LogP contribution in [-0.4, -0.2) is 0 Å². The zero-order valence-corrected chi connectivity index (χ0v) is 11.2. The van der Waals surface area contributed by atoms with Crippen LogP contribution in [-0.2, 0) is 0 Å². The number of benzene rings is 2. The highest BCUT2D eigenvalue weighted by molar-refractivity contribution is 6.30. The molecule has 90 valence electrons. The summed E-state index contributed by atoms with van der Waals surface area (Å²) in [7, 11) is 0. The third kappa shape index (κ3) is 4.49. The van der Waals surface area contributed by atoms with Crippen LogP contribution in [0.4, 0.5) is 0 Å². The fraction of sp³-hybridized carbons (Fsp3) is 0.200. The third-order valence-corrected chi connectivity index (χ3v) is 2.32. The third-order valence-electron chi connectivity index (χ3n) is 2.07. The Morgan fingerprint density at radius 2 is 1.18 bits per heavy atom. The Labute approximate surface area is 108 Å². The van der Waals surface area contributed by atoms with E-state index in [2.05, 4.69) is 0 Å². The van der Waals surface area contributed by atoms with Crippen LogP contribution in [0.25, 0.3) is 0 Å². The largest absolute Gasteiger partial charge is 0.457 e. The van der Waals surface area contributed by atoms with E-state index in [4.69, 9.17) is 16.3 Å². The normalized spacial score (nSPS) is 9.18. The molecule has 2 rings (SSSR count). The molecule has 0 amide bonds. The second kappa shape index (κ2) is 6.97. The summed E-state index contributed by atoms with van der Waals surface area (Å²) in [4.78, 5) is 0. The number of aryl methyl sites for hydroxylation is 1. The summed E-state index contributed by atoms with van der Waals surface area (Å²) in [6.45, 7) is 6.05. The highest BCUT2D eigenvalue weighted by Crippen LogP contribution is 2.22. The molecule has 0 fully saturated rings. The molecule has 2 aromatic rings. The Kier molecular flexibility index (Phi) is 5.58. The van der Waals surface area contributed by atoms with Crippen LogP contribution in [0.3, 0.4) is 0 Å². The van der Waals surface area contributed by atoms with E-state index >= 15 is 0 Å². The number of ether oxygens (including phenoxy) is 1. The molecule has 0 unspecified atom stereocenters. The van der Waals surface area contributed by atoms with E-state index in [1.807, 2.05) is 69.3 Å². The van der Waals surface area contributed by atoms with Crippen molar-refractivity contribution in [3.63, 3.8) is 0 Å². The number of hydrogen-bond donors (Lipinski definition) is 0. The van der Waals surface area contributed by atoms with Crippen LogP contribution in [0.5, 0.6) is 11.5 Å². The van der Waals surface area contributed by atoms with E-state index in [-0.39, 0.29) is 0 Å². The van der Waals surface area contributed by atoms with E-state index in [0.717, 1.165) is 11.5 Å². The van der Waals surface area contributed by atoms with Crippen molar-refractivity contribution in [2.24, 2.45) is 0 Å². The molecule has 0 bridgehead atoms. The van der Waals surface area contributed by atoms with Gasteiger partial charge in [0, 0.05) is 5.02 Å². The van der Waals surface area contributed by atoms with E-state index < -0.39 is 0 Å². The molecular weight excluding hydrogens is 232 g/mol. The standard InChI is InChI=1S/C13H11ClO.C2H6/c1-10-2-6-12(7-3-10)15-13-8-4-11(14)5-9-13;1-2/h2-9H,1H3;1-2H3. The van der Waals surface area contributed by atoms with Crippen molar-refractivity contribution in [3.05, 3.63) is 59.1 Å². The second-order valence-corrected chi connectivity index (χ2v) is 3.81. The zero-order valence-electron chi connectivity index (χ0n) is 10.4. The first-order valence-electron chi connectivity index (χ1n) is 5.74. The Balaban J connectivity index is 0.000000686. The summed E-state index contributed by atoms with van der Waals surface area (Å²) < 4.78 is 5.63. The second-order valence-electron chi connectivity index (χ2n) is 3.37. The molecule has 0 radical (unpaired) electrons. The van der Waals surface area contributed by atoms with Crippen molar-refractivity contribution in [1.82, 2.24) is 0 Å². The smallest absolute Gasteiger partial charge is 0.127 e. The van der Waals surface area contributed by atoms with Crippen molar-refractivity contribution in [3.8, 4) is 11.5 Å². The quantitative estimate of drug-likeness (QED) is 0.685. The van der Waals surface area contributed by atoms with Gasteiger partial charge in [0.25, 0.3) is 0 Å². The Bertz CT molecular complexity index is 388. The lowest BCUT2D eigenvalue weighted by atomic mass is 10.2. The van der Waals surface area contributed by atoms with Gasteiger partial charge in [-0.1, -0.05) is 43.1 Å².